The second kappa shape index (κ2) is 8.06. The predicted octanol–water partition coefficient (Wildman–Crippen LogP) is 2.18. The molecular formula is C19H29N3O3S. The van der Waals surface area contributed by atoms with Crippen molar-refractivity contribution < 1.29 is 13.2 Å². The predicted molar refractivity (Wildman–Crippen MR) is 102 cm³/mol. The fraction of sp³-hybridized carbons (Fsp3) is 0.632. The van der Waals surface area contributed by atoms with Crippen molar-refractivity contribution in [1.82, 2.24) is 13.5 Å². The number of carbonyl (C=O) groups is 1. The Kier molecular flexibility index (Phi) is 5.99. The molecule has 2 saturated heterocycles. The Balaban J connectivity index is 1.64. The van der Waals surface area contributed by atoms with Crippen LogP contribution in [0.15, 0.2) is 18.2 Å². The molecule has 2 aliphatic heterocycles. The van der Waals surface area contributed by atoms with Gasteiger partial charge in [0.25, 0.3) is 16.1 Å². The number of hydrogen-bond acceptors (Lipinski definition) is 3. The van der Waals surface area contributed by atoms with Crippen LogP contribution in [0.2, 0.25) is 0 Å². The molecule has 0 N–H and O–H groups in total. The van der Waals surface area contributed by atoms with E-state index in [-0.39, 0.29) is 5.91 Å². The zero-order valence-electron chi connectivity index (χ0n) is 15.8. The maximum atomic E-state index is 12.9. The standard InChI is InChI=1S/C19H29N3O3S/c1-16-13-17(2)15-18(14-16)19(23)20-9-11-22(12-10-20)26(24,25)21-7-5-3-4-6-8-21/h13-15H,3-12H2,1-2H3. The maximum absolute atomic E-state index is 12.9. The molecule has 0 atom stereocenters. The van der Waals surface area contributed by atoms with Gasteiger partial charge in [0.15, 0.2) is 0 Å². The molecule has 1 amide bonds. The Labute approximate surface area is 157 Å². The molecule has 2 aliphatic rings. The molecule has 0 unspecified atom stereocenters. The van der Waals surface area contributed by atoms with Gasteiger partial charge in [-0.3, -0.25) is 4.79 Å². The average Bonchev–Trinajstić information content (AvgIpc) is 2.90. The fourth-order valence-corrected chi connectivity index (χ4v) is 5.51. The minimum absolute atomic E-state index is 0.0105. The molecule has 2 heterocycles. The van der Waals surface area contributed by atoms with Gasteiger partial charge in [0, 0.05) is 44.8 Å². The van der Waals surface area contributed by atoms with E-state index in [4.69, 9.17) is 0 Å². The van der Waals surface area contributed by atoms with Crippen LogP contribution < -0.4 is 0 Å². The summed E-state index contributed by atoms with van der Waals surface area (Å²) in [4.78, 5) is 14.5. The minimum atomic E-state index is -3.41. The lowest BCUT2D eigenvalue weighted by molar-refractivity contribution is 0.0694. The molecule has 26 heavy (non-hydrogen) atoms. The van der Waals surface area contributed by atoms with Gasteiger partial charge in [0.2, 0.25) is 0 Å². The molecule has 0 radical (unpaired) electrons. The van der Waals surface area contributed by atoms with E-state index < -0.39 is 10.2 Å². The number of amides is 1. The highest BCUT2D eigenvalue weighted by Gasteiger charge is 2.33. The topological polar surface area (TPSA) is 60.9 Å². The van der Waals surface area contributed by atoms with Gasteiger partial charge >= 0.3 is 0 Å². The number of rotatable bonds is 3. The molecule has 0 saturated carbocycles. The first-order valence-corrected chi connectivity index (χ1v) is 10.9. The molecule has 1 aromatic carbocycles. The smallest absolute Gasteiger partial charge is 0.282 e. The van der Waals surface area contributed by atoms with Crippen molar-refractivity contribution in [3.8, 4) is 0 Å². The molecule has 0 spiro atoms. The summed E-state index contributed by atoms with van der Waals surface area (Å²) in [6.07, 6.45) is 4.07. The SMILES string of the molecule is Cc1cc(C)cc(C(=O)N2CCN(S(=O)(=O)N3CCCCCC3)CC2)c1. The van der Waals surface area contributed by atoms with E-state index >= 15 is 0 Å². The highest BCUT2D eigenvalue weighted by Crippen LogP contribution is 2.19. The zero-order chi connectivity index (χ0) is 18.7. The molecule has 0 bridgehead atoms. The molecular weight excluding hydrogens is 350 g/mol. The first kappa shape index (κ1) is 19.3. The molecule has 0 aromatic heterocycles. The lowest BCUT2D eigenvalue weighted by Gasteiger charge is -2.36. The molecule has 3 rings (SSSR count). The Morgan fingerprint density at radius 2 is 1.27 bits per heavy atom. The second-order valence-corrected chi connectivity index (χ2v) is 9.32. The summed E-state index contributed by atoms with van der Waals surface area (Å²) in [6.45, 7) is 6.82. The van der Waals surface area contributed by atoms with Crippen molar-refractivity contribution in [1.29, 1.82) is 0 Å². The molecule has 7 heteroatoms. The number of piperazine rings is 1. The first-order valence-electron chi connectivity index (χ1n) is 9.51. The third-order valence-corrected chi connectivity index (χ3v) is 7.25. The largest absolute Gasteiger partial charge is 0.336 e. The van der Waals surface area contributed by atoms with E-state index in [0.717, 1.165) is 36.8 Å². The molecule has 2 fully saturated rings. The molecule has 144 valence electrons. The second-order valence-electron chi connectivity index (χ2n) is 7.39. The van der Waals surface area contributed by atoms with Crippen LogP contribution in [0, 0.1) is 13.8 Å². The van der Waals surface area contributed by atoms with Crippen molar-refractivity contribution >= 4 is 16.1 Å². The number of nitrogens with zero attached hydrogens (tertiary/aromatic N) is 3. The van der Waals surface area contributed by atoms with Gasteiger partial charge in [-0.1, -0.05) is 30.0 Å². The van der Waals surface area contributed by atoms with E-state index in [2.05, 4.69) is 0 Å². The van der Waals surface area contributed by atoms with E-state index in [9.17, 15) is 13.2 Å². The quantitative estimate of drug-likeness (QED) is 0.809. The summed E-state index contributed by atoms with van der Waals surface area (Å²) in [6, 6.07) is 5.84. The van der Waals surface area contributed by atoms with Gasteiger partial charge < -0.3 is 4.90 Å². The van der Waals surface area contributed by atoms with E-state index in [0.29, 0.717) is 44.8 Å². The van der Waals surface area contributed by atoms with Gasteiger partial charge in [0.05, 0.1) is 0 Å². The van der Waals surface area contributed by atoms with Gasteiger partial charge in [-0.05, 0) is 38.8 Å². The van der Waals surface area contributed by atoms with Gasteiger partial charge in [0.1, 0.15) is 0 Å². The van der Waals surface area contributed by atoms with Crippen LogP contribution in [0.4, 0.5) is 0 Å². The zero-order valence-corrected chi connectivity index (χ0v) is 16.6. The Hall–Kier alpha value is -1.44. The van der Waals surface area contributed by atoms with E-state index in [1.807, 2.05) is 32.0 Å². The number of hydrogen-bond donors (Lipinski definition) is 0. The van der Waals surface area contributed by atoms with Crippen LogP contribution >= 0.6 is 0 Å². The summed E-state index contributed by atoms with van der Waals surface area (Å²) in [7, 11) is -3.41. The number of carbonyl (C=O) groups excluding carboxylic acids is 1. The van der Waals surface area contributed by atoms with Crippen LogP contribution in [-0.4, -0.2) is 67.1 Å². The summed E-state index contributed by atoms with van der Waals surface area (Å²) in [5.74, 6) is -0.0105. The lowest BCUT2D eigenvalue weighted by atomic mass is 10.1. The monoisotopic (exact) mass is 379 g/mol. The van der Waals surface area contributed by atoms with Crippen LogP contribution in [-0.2, 0) is 10.2 Å². The Bertz CT molecular complexity index is 727. The number of benzene rings is 1. The molecule has 1 aromatic rings. The summed E-state index contributed by atoms with van der Waals surface area (Å²) in [5.41, 5.74) is 2.82. The van der Waals surface area contributed by atoms with Crippen LogP contribution in [0.3, 0.4) is 0 Å². The van der Waals surface area contributed by atoms with Gasteiger partial charge in [-0.25, -0.2) is 0 Å². The van der Waals surface area contributed by atoms with Crippen molar-refractivity contribution in [3.05, 3.63) is 34.9 Å². The van der Waals surface area contributed by atoms with Gasteiger partial charge in [-0.15, -0.1) is 0 Å². The Morgan fingerprint density at radius 3 is 1.81 bits per heavy atom. The lowest BCUT2D eigenvalue weighted by Crippen LogP contribution is -2.54. The van der Waals surface area contributed by atoms with E-state index in [1.54, 1.807) is 13.5 Å². The van der Waals surface area contributed by atoms with E-state index in [1.165, 1.54) is 0 Å². The van der Waals surface area contributed by atoms with Crippen LogP contribution in [0.1, 0.15) is 47.2 Å². The summed E-state index contributed by atoms with van der Waals surface area (Å²) in [5, 5.41) is 0. The highest BCUT2D eigenvalue weighted by molar-refractivity contribution is 7.86. The minimum Gasteiger partial charge on any atom is -0.336 e. The van der Waals surface area contributed by atoms with Gasteiger partial charge in [-0.2, -0.15) is 17.0 Å². The summed E-state index contributed by atoms with van der Waals surface area (Å²) >= 11 is 0. The van der Waals surface area contributed by atoms with Crippen molar-refractivity contribution in [2.75, 3.05) is 39.3 Å². The van der Waals surface area contributed by atoms with Crippen molar-refractivity contribution in [3.63, 3.8) is 0 Å². The normalized spacial score (nSPS) is 20.8. The average molecular weight is 380 g/mol. The molecule has 6 nitrogen and oxygen atoms in total. The Morgan fingerprint density at radius 1 is 0.769 bits per heavy atom. The van der Waals surface area contributed by atoms with Crippen molar-refractivity contribution in [2.24, 2.45) is 0 Å². The van der Waals surface area contributed by atoms with Crippen molar-refractivity contribution in [2.45, 2.75) is 39.5 Å². The third-order valence-electron chi connectivity index (χ3n) is 5.21. The maximum Gasteiger partial charge on any atom is 0.282 e. The molecule has 0 aliphatic carbocycles. The fourth-order valence-electron chi connectivity index (χ4n) is 3.84. The number of aryl methyl sites for hydroxylation is 2. The van der Waals surface area contributed by atoms with Crippen LogP contribution in [0.5, 0.6) is 0 Å². The third kappa shape index (κ3) is 4.27. The van der Waals surface area contributed by atoms with Crippen LogP contribution in [0.25, 0.3) is 0 Å². The first-order chi connectivity index (χ1) is 12.4. The summed E-state index contributed by atoms with van der Waals surface area (Å²) < 4.78 is 28.9. The highest BCUT2D eigenvalue weighted by atomic mass is 32.2.